The van der Waals surface area contributed by atoms with Crippen LogP contribution in [0.5, 0.6) is 0 Å². The van der Waals surface area contributed by atoms with Crippen molar-refractivity contribution in [2.24, 2.45) is 0 Å². The summed E-state index contributed by atoms with van der Waals surface area (Å²) in [6.45, 7) is 1.38. The number of ketones is 1. The molecule has 2 aliphatic rings. The molecule has 1 aliphatic heterocycles. The van der Waals surface area contributed by atoms with Gasteiger partial charge in [0.1, 0.15) is 23.4 Å². The summed E-state index contributed by atoms with van der Waals surface area (Å²) in [7, 11) is 0. The lowest BCUT2D eigenvalue weighted by molar-refractivity contribution is -0.137. The summed E-state index contributed by atoms with van der Waals surface area (Å²) in [5, 5.41) is 22.2. The van der Waals surface area contributed by atoms with E-state index in [2.05, 4.69) is 5.32 Å². The first-order valence-corrected chi connectivity index (χ1v) is 9.63. The first-order valence-electron chi connectivity index (χ1n) is 9.63. The van der Waals surface area contributed by atoms with Gasteiger partial charge in [-0.15, -0.1) is 0 Å². The van der Waals surface area contributed by atoms with Crippen molar-refractivity contribution in [1.29, 1.82) is 0 Å². The molecule has 1 amide bonds. The molecule has 0 atom stereocenters. The molecule has 7 heteroatoms. The highest BCUT2D eigenvalue weighted by molar-refractivity contribution is 6.26. The third-order valence-corrected chi connectivity index (χ3v) is 5.85. The van der Waals surface area contributed by atoms with E-state index < -0.39 is 29.7 Å². The van der Waals surface area contributed by atoms with Gasteiger partial charge < -0.3 is 20.1 Å². The van der Waals surface area contributed by atoms with E-state index in [0.29, 0.717) is 18.5 Å². The molecule has 0 bridgehead atoms. The molecule has 7 nitrogen and oxygen atoms in total. The fourth-order valence-corrected chi connectivity index (χ4v) is 4.47. The van der Waals surface area contributed by atoms with Crippen molar-refractivity contribution in [1.82, 2.24) is 9.88 Å². The van der Waals surface area contributed by atoms with Crippen LogP contribution in [0.3, 0.4) is 0 Å². The molecule has 0 radical (unpaired) electrons. The third kappa shape index (κ3) is 2.93. The standard InChI is InChI=1S/C22H22N2O5/c1-13-4-6-14(7-5-13)15-8-9-16-19(27)18(21(29)23-12-17(25)26)20(28)22(24(15)16)10-2-3-11-22/h4-9,28H,2-3,10-12H2,1H3,(H,23,29)(H,25,26). The van der Waals surface area contributed by atoms with E-state index >= 15 is 0 Å². The predicted molar refractivity (Wildman–Crippen MR) is 106 cm³/mol. The number of aromatic nitrogens is 1. The van der Waals surface area contributed by atoms with E-state index in [1.165, 1.54) is 0 Å². The zero-order chi connectivity index (χ0) is 20.8. The van der Waals surface area contributed by atoms with Crippen LogP contribution in [-0.4, -0.2) is 39.0 Å². The van der Waals surface area contributed by atoms with Gasteiger partial charge in [0, 0.05) is 5.69 Å². The molecule has 2 aromatic rings. The SMILES string of the molecule is Cc1ccc(-c2ccc3n2C2(CCCC2)C(O)=C(C(=O)NCC(=O)O)C3=O)cc1. The van der Waals surface area contributed by atoms with E-state index in [4.69, 9.17) is 5.11 Å². The number of fused-ring (bicyclic) bond motifs is 2. The second kappa shape index (κ2) is 6.92. The largest absolute Gasteiger partial charge is 0.509 e. The topological polar surface area (TPSA) is 109 Å². The fourth-order valence-electron chi connectivity index (χ4n) is 4.47. The maximum atomic E-state index is 13.1. The van der Waals surface area contributed by atoms with Crippen LogP contribution >= 0.6 is 0 Å². The number of carboxylic acids is 1. The van der Waals surface area contributed by atoms with Crippen LogP contribution < -0.4 is 5.32 Å². The highest BCUT2D eigenvalue weighted by Crippen LogP contribution is 2.49. The Bertz CT molecular complexity index is 1040. The summed E-state index contributed by atoms with van der Waals surface area (Å²) in [6, 6.07) is 11.4. The number of nitrogens with zero attached hydrogens (tertiary/aromatic N) is 1. The number of benzene rings is 1. The van der Waals surface area contributed by atoms with Crippen LogP contribution in [0.1, 0.15) is 41.7 Å². The maximum Gasteiger partial charge on any atom is 0.322 e. The minimum absolute atomic E-state index is 0.264. The number of aliphatic hydroxyl groups excluding tert-OH is 1. The molecule has 1 spiro atoms. The van der Waals surface area contributed by atoms with Crippen LogP contribution in [0.4, 0.5) is 0 Å². The molecule has 0 saturated heterocycles. The Kier molecular flexibility index (Phi) is 4.53. The Morgan fingerprint density at radius 1 is 1.07 bits per heavy atom. The summed E-state index contributed by atoms with van der Waals surface area (Å²) in [5.41, 5.74) is 1.96. The minimum Gasteiger partial charge on any atom is -0.509 e. The van der Waals surface area contributed by atoms with Crippen molar-refractivity contribution in [3.63, 3.8) is 0 Å². The highest BCUT2D eigenvalue weighted by Gasteiger charge is 2.50. The van der Waals surface area contributed by atoms with Gasteiger partial charge in [0.25, 0.3) is 5.91 Å². The number of nitrogens with one attached hydrogen (secondary N) is 1. The molecular weight excluding hydrogens is 372 g/mol. The molecular formula is C22H22N2O5. The van der Waals surface area contributed by atoms with E-state index in [1.54, 1.807) is 6.07 Å². The van der Waals surface area contributed by atoms with E-state index in [1.807, 2.05) is 41.8 Å². The van der Waals surface area contributed by atoms with Gasteiger partial charge in [-0.2, -0.15) is 0 Å². The molecule has 150 valence electrons. The highest BCUT2D eigenvalue weighted by atomic mass is 16.4. The van der Waals surface area contributed by atoms with Crippen molar-refractivity contribution >= 4 is 17.7 Å². The second-order valence-electron chi connectivity index (χ2n) is 7.67. The molecule has 0 unspecified atom stereocenters. The number of aliphatic carboxylic acids is 1. The number of aryl methyl sites for hydroxylation is 1. The first-order chi connectivity index (χ1) is 13.8. The van der Waals surface area contributed by atoms with Crippen molar-refractivity contribution < 1.29 is 24.6 Å². The minimum atomic E-state index is -1.22. The van der Waals surface area contributed by atoms with E-state index in [9.17, 15) is 19.5 Å². The number of carboxylic acid groups (broad SMARTS) is 1. The normalized spacial score (nSPS) is 17.5. The molecule has 1 saturated carbocycles. The first kappa shape index (κ1) is 19.0. The summed E-state index contributed by atoms with van der Waals surface area (Å²) in [5.74, 6) is -2.94. The predicted octanol–water partition coefficient (Wildman–Crippen LogP) is 2.94. The summed E-state index contributed by atoms with van der Waals surface area (Å²) in [6.07, 6.45) is 2.91. The molecule has 1 aliphatic carbocycles. The number of hydrogen-bond donors (Lipinski definition) is 3. The number of hydrogen-bond acceptors (Lipinski definition) is 4. The lowest BCUT2D eigenvalue weighted by atomic mass is 9.84. The van der Waals surface area contributed by atoms with Crippen LogP contribution in [0, 0.1) is 6.92 Å². The number of amides is 1. The van der Waals surface area contributed by atoms with Gasteiger partial charge >= 0.3 is 5.97 Å². The Hall–Kier alpha value is -3.35. The molecule has 29 heavy (non-hydrogen) atoms. The number of aliphatic hydroxyl groups is 1. The smallest absolute Gasteiger partial charge is 0.322 e. The quantitative estimate of drug-likeness (QED) is 0.691. The lowest BCUT2D eigenvalue weighted by Gasteiger charge is -2.38. The Morgan fingerprint density at radius 2 is 1.69 bits per heavy atom. The average molecular weight is 394 g/mol. The third-order valence-electron chi connectivity index (χ3n) is 5.85. The zero-order valence-corrected chi connectivity index (χ0v) is 16.1. The Morgan fingerprint density at radius 3 is 2.31 bits per heavy atom. The van der Waals surface area contributed by atoms with Gasteiger partial charge in [0.2, 0.25) is 5.78 Å². The number of carbonyl (C=O) groups excluding carboxylic acids is 2. The number of carbonyl (C=O) groups is 3. The molecule has 4 rings (SSSR count). The van der Waals surface area contributed by atoms with Crippen LogP contribution in [0.25, 0.3) is 11.3 Å². The molecule has 1 aromatic carbocycles. The summed E-state index contributed by atoms with van der Waals surface area (Å²) >= 11 is 0. The van der Waals surface area contributed by atoms with Crippen molar-refractivity contribution in [3.8, 4) is 11.3 Å². The van der Waals surface area contributed by atoms with Crippen molar-refractivity contribution in [3.05, 3.63) is 59.0 Å². The van der Waals surface area contributed by atoms with E-state index in [0.717, 1.165) is 29.7 Å². The van der Waals surface area contributed by atoms with E-state index in [-0.39, 0.29) is 11.3 Å². The monoisotopic (exact) mass is 394 g/mol. The van der Waals surface area contributed by atoms with Gasteiger partial charge in [-0.25, -0.2) is 0 Å². The Balaban J connectivity index is 1.86. The second-order valence-corrected chi connectivity index (χ2v) is 7.67. The van der Waals surface area contributed by atoms with Gasteiger partial charge in [0.05, 0.1) is 5.69 Å². The average Bonchev–Trinajstić information content (AvgIpc) is 3.34. The molecule has 1 aromatic heterocycles. The fraction of sp³-hybridized carbons (Fsp3) is 0.318. The van der Waals surface area contributed by atoms with Gasteiger partial charge in [0.15, 0.2) is 0 Å². The number of Topliss-reactive ketones (excluding diaryl/α,β-unsaturated/α-hetero) is 1. The van der Waals surface area contributed by atoms with Gasteiger partial charge in [-0.1, -0.05) is 42.7 Å². The van der Waals surface area contributed by atoms with Gasteiger partial charge in [-0.3, -0.25) is 14.4 Å². The maximum absolute atomic E-state index is 13.1. The Labute approximate surface area is 167 Å². The number of allylic oxidation sites excluding steroid dienone is 1. The molecule has 1 fully saturated rings. The number of rotatable bonds is 4. The molecule has 2 heterocycles. The van der Waals surface area contributed by atoms with Crippen molar-refractivity contribution in [2.75, 3.05) is 6.54 Å². The van der Waals surface area contributed by atoms with Crippen molar-refractivity contribution in [2.45, 2.75) is 38.1 Å². The van der Waals surface area contributed by atoms with Gasteiger partial charge in [-0.05, 0) is 37.5 Å². The van der Waals surface area contributed by atoms with Crippen LogP contribution in [0.15, 0.2) is 47.7 Å². The molecule has 3 N–H and O–H groups in total. The summed E-state index contributed by atoms with van der Waals surface area (Å²) < 4.78 is 1.87. The lowest BCUT2D eigenvalue weighted by Crippen LogP contribution is -2.44. The van der Waals surface area contributed by atoms with Crippen LogP contribution in [-0.2, 0) is 15.1 Å². The summed E-state index contributed by atoms with van der Waals surface area (Å²) in [4.78, 5) is 36.5. The zero-order valence-electron chi connectivity index (χ0n) is 16.1. The van der Waals surface area contributed by atoms with Crippen LogP contribution in [0.2, 0.25) is 0 Å².